The number of thiophene rings is 1. The molecule has 2 amide bonds. The van der Waals surface area contributed by atoms with Gasteiger partial charge in [-0.1, -0.05) is 0 Å². The van der Waals surface area contributed by atoms with Crippen molar-refractivity contribution in [2.45, 2.75) is 45.1 Å². The third-order valence-corrected chi connectivity index (χ3v) is 4.79. The van der Waals surface area contributed by atoms with Crippen molar-refractivity contribution in [3.05, 3.63) is 35.0 Å². The first kappa shape index (κ1) is 16.9. The van der Waals surface area contributed by atoms with Crippen LogP contribution in [0, 0.1) is 0 Å². The lowest BCUT2D eigenvalue weighted by atomic mass is 10.1. The van der Waals surface area contributed by atoms with Crippen molar-refractivity contribution in [1.82, 2.24) is 25.0 Å². The number of morpholine rings is 1. The van der Waals surface area contributed by atoms with Gasteiger partial charge < -0.3 is 15.0 Å². The Balaban J connectivity index is 1.51. The lowest BCUT2D eigenvalue weighted by Gasteiger charge is -2.37. The van der Waals surface area contributed by atoms with Gasteiger partial charge in [0.25, 0.3) is 0 Å². The zero-order valence-electron chi connectivity index (χ0n) is 14.0. The van der Waals surface area contributed by atoms with E-state index in [-0.39, 0.29) is 24.3 Å². The predicted molar refractivity (Wildman–Crippen MR) is 91.8 cm³/mol. The molecule has 1 aliphatic heterocycles. The molecule has 1 aliphatic rings. The van der Waals surface area contributed by atoms with E-state index in [2.05, 4.69) is 26.8 Å². The Morgan fingerprint density at radius 3 is 3.12 bits per heavy atom. The zero-order valence-corrected chi connectivity index (χ0v) is 14.8. The van der Waals surface area contributed by atoms with Crippen LogP contribution >= 0.6 is 11.3 Å². The number of rotatable bonds is 5. The molecule has 24 heavy (non-hydrogen) atoms. The van der Waals surface area contributed by atoms with E-state index in [1.165, 1.54) is 6.33 Å². The van der Waals surface area contributed by atoms with Crippen molar-refractivity contribution < 1.29 is 9.53 Å². The molecule has 0 unspecified atom stereocenters. The molecule has 2 aromatic rings. The van der Waals surface area contributed by atoms with Crippen LogP contribution in [0.5, 0.6) is 0 Å². The van der Waals surface area contributed by atoms with Gasteiger partial charge in [-0.3, -0.25) is 4.68 Å². The van der Waals surface area contributed by atoms with Gasteiger partial charge in [0.05, 0.1) is 12.6 Å². The van der Waals surface area contributed by atoms with Crippen molar-refractivity contribution in [2.24, 2.45) is 0 Å². The van der Waals surface area contributed by atoms with Crippen LogP contribution in [0.15, 0.2) is 29.5 Å². The maximum absolute atomic E-state index is 12.6. The molecule has 1 saturated heterocycles. The molecular weight excluding hydrogens is 326 g/mol. The fourth-order valence-corrected chi connectivity index (χ4v) is 3.51. The molecular formula is C16H23N5O2S. The second-order valence-corrected chi connectivity index (χ2v) is 6.97. The average molecular weight is 349 g/mol. The van der Waals surface area contributed by atoms with Crippen LogP contribution in [0.4, 0.5) is 4.79 Å². The summed E-state index contributed by atoms with van der Waals surface area (Å²) >= 11 is 1.65. The van der Waals surface area contributed by atoms with E-state index in [1.54, 1.807) is 22.3 Å². The van der Waals surface area contributed by atoms with Crippen molar-refractivity contribution >= 4 is 17.4 Å². The molecule has 1 fully saturated rings. The first-order valence-electron chi connectivity index (χ1n) is 8.17. The summed E-state index contributed by atoms with van der Waals surface area (Å²) in [5.74, 6) is 0. The highest BCUT2D eigenvalue weighted by Crippen LogP contribution is 2.26. The summed E-state index contributed by atoms with van der Waals surface area (Å²) in [6.45, 7) is 5.95. The molecule has 3 atom stereocenters. The fraction of sp³-hybridized carbons (Fsp3) is 0.562. The highest BCUT2D eigenvalue weighted by atomic mass is 32.1. The Labute approximate surface area is 145 Å². The highest BCUT2D eigenvalue weighted by Gasteiger charge is 2.30. The van der Waals surface area contributed by atoms with Gasteiger partial charge in [0.15, 0.2) is 0 Å². The minimum absolute atomic E-state index is 0.0276. The van der Waals surface area contributed by atoms with E-state index in [9.17, 15) is 4.79 Å². The third kappa shape index (κ3) is 4.33. The van der Waals surface area contributed by atoms with Crippen LogP contribution in [0.25, 0.3) is 0 Å². The molecule has 0 aromatic carbocycles. The van der Waals surface area contributed by atoms with E-state index in [4.69, 9.17) is 4.74 Å². The number of urea groups is 1. The summed E-state index contributed by atoms with van der Waals surface area (Å²) < 4.78 is 7.75. The number of nitrogens with one attached hydrogen (secondary N) is 1. The number of hydrogen-bond donors (Lipinski definition) is 1. The summed E-state index contributed by atoms with van der Waals surface area (Å²) in [4.78, 5) is 18.3. The molecule has 0 aliphatic carbocycles. The lowest BCUT2D eigenvalue weighted by molar-refractivity contribution is -0.0657. The average Bonchev–Trinajstić information content (AvgIpc) is 3.25. The molecule has 3 rings (SSSR count). The predicted octanol–water partition coefficient (Wildman–Crippen LogP) is 2.29. The van der Waals surface area contributed by atoms with Crippen LogP contribution in [-0.2, 0) is 11.3 Å². The number of hydrogen-bond acceptors (Lipinski definition) is 5. The van der Waals surface area contributed by atoms with Gasteiger partial charge in [0.1, 0.15) is 18.8 Å². The Kier molecular flexibility index (Phi) is 5.47. The lowest BCUT2D eigenvalue weighted by Crippen LogP contribution is -2.51. The monoisotopic (exact) mass is 349 g/mol. The second kappa shape index (κ2) is 7.76. The number of carbonyl (C=O) groups excluding carboxylic acids is 1. The number of carbonyl (C=O) groups is 1. The summed E-state index contributed by atoms with van der Waals surface area (Å²) in [7, 11) is 0. The normalized spacial score (nSPS) is 22.3. The van der Waals surface area contributed by atoms with E-state index >= 15 is 0 Å². The molecule has 1 N–H and O–H groups in total. The maximum Gasteiger partial charge on any atom is 0.317 e. The SMILES string of the molecule is C[C@H](CCn1cncn1)NC(=O)N1C[C@@H](c2ccsc2)O[C@@H](C)C1. The first-order chi connectivity index (χ1) is 11.6. The smallest absolute Gasteiger partial charge is 0.317 e. The van der Waals surface area contributed by atoms with Gasteiger partial charge in [0.2, 0.25) is 0 Å². The number of amides is 2. The Bertz CT molecular complexity index is 631. The summed E-state index contributed by atoms with van der Waals surface area (Å²) in [5, 5.41) is 11.3. The van der Waals surface area contributed by atoms with E-state index in [1.807, 2.05) is 24.1 Å². The fourth-order valence-electron chi connectivity index (χ4n) is 2.81. The largest absolute Gasteiger partial charge is 0.367 e. The zero-order chi connectivity index (χ0) is 16.9. The van der Waals surface area contributed by atoms with Crippen molar-refractivity contribution in [2.75, 3.05) is 13.1 Å². The number of nitrogens with zero attached hydrogens (tertiary/aromatic N) is 4. The minimum Gasteiger partial charge on any atom is -0.367 e. The highest BCUT2D eigenvalue weighted by molar-refractivity contribution is 7.07. The Morgan fingerprint density at radius 1 is 1.54 bits per heavy atom. The molecule has 0 spiro atoms. The molecule has 0 saturated carbocycles. The van der Waals surface area contributed by atoms with Gasteiger partial charge in [0, 0.05) is 19.1 Å². The summed E-state index contributed by atoms with van der Waals surface area (Å²) in [5.41, 5.74) is 1.14. The summed E-state index contributed by atoms with van der Waals surface area (Å²) in [6.07, 6.45) is 3.99. The minimum atomic E-state index is -0.0452. The van der Waals surface area contributed by atoms with Crippen LogP contribution in [0.2, 0.25) is 0 Å². The molecule has 130 valence electrons. The van der Waals surface area contributed by atoms with Gasteiger partial charge in [-0.05, 0) is 42.7 Å². The van der Waals surface area contributed by atoms with Crippen molar-refractivity contribution in [3.63, 3.8) is 0 Å². The number of ether oxygens (including phenoxy) is 1. The number of aromatic nitrogens is 3. The molecule has 7 nitrogen and oxygen atoms in total. The molecule has 2 aromatic heterocycles. The second-order valence-electron chi connectivity index (χ2n) is 6.19. The Hall–Kier alpha value is -1.93. The van der Waals surface area contributed by atoms with Gasteiger partial charge >= 0.3 is 6.03 Å². The van der Waals surface area contributed by atoms with Gasteiger partial charge in [-0.25, -0.2) is 9.78 Å². The van der Waals surface area contributed by atoms with E-state index in [0.717, 1.165) is 18.5 Å². The first-order valence-corrected chi connectivity index (χ1v) is 9.11. The van der Waals surface area contributed by atoms with Gasteiger partial charge in [-0.2, -0.15) is 16.4 Å². The Morgan fingerprint density at radius 2 is 2.42 bits per heavy atom. The molecule has 0 bridgehead atoms. The van der Waals surface area contributed by atoms with Crippen LogP contribution in [0.1, 0.15) is 31.9 Å². The quantitative estimate of drug-likeness (QED) is 0.899. The van der Waals surface area contributed by atoms with Crippen LogP contribution in [-0.4, -0.2) is 50.9 Å². The van der Waals surface area contributed by atoms with E-state index in [0.29, 0.717) is 13.1 Å². The van der Waals surface area contributed by atoms with Crippen molar-refractivity contribution in [3.8, 4) is 0 Å². The number of aryl methyl sites for hydroxylation is 1. The maximum atomic E-state index is 12.6. The van der Waals surface area contributed by atoms with Crippen LogP contribution in [0.3, 0.4) is 0 Å². The topological polar surface area (TPSA) is 72.3 Å². The molecule has 3 heterocycles. The third-order valence-electron chi connectivity index (χ3n) is 4.09. The van der Waals surface area contributed by atoms with Crippen LogP contribution < -0.4 is 5.32 Å². The molecule has 0 radical (unpaired) electrons. The van der Waals surface area contributed by atoms with E-state index < -0.39 is 0 Å². The molecule has 8 heteroatoms. The van der Waals surface area contributed by atoms with Crippen molar-refractivity contribution in [1.29, 1.82) is 0 Å². The summed E-state index contributed by atoms with van der Waals surface area (Å²) in [6, 6.07) is 2.10. The van der Waals surface area contributed by atoms with Gasteiger partial charge in [-0.15, -0.1) is 0 Å². The standard InChI is InChI=1S/C16H23N5O2S/c1-12(3-5-21-11-17-10-18-21)19-16(22)20-7-13(2)23-15(8-20)14-4-6-24-9-14/h4,6,9-13,15H,3,5,7-8H2,1-2H3,(H,19,22)/t12-,13+,15+/m1/s1.